The van der Waals surface area contributed by atoms with Gasteiger partial charge in [-0.2, -0.15) is 5.10 Å². The third-order valence-electron chi connectivity index (χ3n) is 2.77. The molecular weight excluding hydrogens is 260 g/mol. The van der Waals surface area contributed by atoms with Gasteiger partial charge in [0.15, 0.2) is 12.4 Å². The number of hydrogen-bond donors (Lipinski definition) is 1. The molecule has 0 aliphatic heterocycles. The Morgan fingerprint density at radius 3 is 2.95 bits per heavy atom. The van der Waals surface area contributed by atoms with Crippen LogP contribution in [0.4, 0.5) is 5.69 Å². The average molecular weight is 276 g/mol. The molecule has 0 spiro atoms. The smallest absolute Gasteiger partial charge is 0.342 e. The van der Waals surface area contributed by atoms with Crippen molar-refractivity contribution in [3.63, 3.8) is 0 Å². The molecule has 0 bridgehead atoms. The molecule has 0 aliphatic carbocycles. The van der Waals surface area contributed by atoms with E-state index in [1.165, 1.54) is 19.5 Å². The first-order valence-electron chi connectivity index (χ1n) is 6.13. The van der Waals surface area contributed by atoms with E-state index in [0.29, 0.717) is 23.8 Å². The number of aromatic nitrogens is 3. The topological polar surface area (TPSA) is 92.3 Å². The monoisotopic (exact) mass is 276 g/mol. The van der Waals surface area contributed by atoms with Gasteiger partial charge in [-0.05, 0) is 25.1 Å². The Morgan fingerprint density at radius 2 is 2.25 bits per heavy atom. The Labute approximate surface area is 116 Å². The fourth-order valence-electron chi connectivity index (χ4n) is 1.76. The zero-order valence-electron chi connectivity index (χ0n) is 11.4. The molecule has 0 aliphatic rings. The molecule has 0 amide bonds. The molecule has 2 N–H and O–H groups in total. The lowest BCUT2D eigenvalue weighted by molar-refractivity contribution is 0.0453. The van der Waals surface area contributed by atoms with Crippen LogP contribution in [0.3, 0.4) is 0 Å². The SMILES string of the molecule is CCn1ncnc1COC(=O)c1cc(N)ccc1OC. The molecule has 1 aromatic heterocycles. The summed E-state index contributed by atoms with van der Waals surface area (Å²) in [6.07, 6.45) is 1.42. The van der Waals surface area contributed by atoms with Crippen molar-refractivity contribution in [2.24, 2.45) is 0 Å². The van der Waals surface area contributed by atoms with E-state index in [4.69, 9.17) is 15.2 Å². The second-order valence-corrected chi connectivity index (χ2v) is 4.03. The Hall–Kier alpha value is -2.57. The molecule has 0 saturated carbocycles. The van der Waals surface area contributed by atoms with E-state index in [1.54, 1.807) is 16.8 Å². The van der Waals surface area contributed by atoms with Gasteiger partial charge in [-0.15, -0.1) is 0 Å². The van der Waals surface area contributed by atoms with Crippen LogP contribution in [0.1, 0.15) is 23.1 Å². The average Bonchev–Trinajstić information content (AvgIpc) is 2.92. The molecule has 0 saturated heterocycles. The van der Waals surface area contributed by atoms with Gasteiger partial charge in [0.05, 0.1) is 7.11 Å². The maximum absolute atomic E-state index is 12.1. The first-order valence-corrected chi connectivity index (χ1v) is 6.13. The van der Waals surface area contributed by atoms with Gasteiger partial charge in [-0.25, -0.2) is 14.5 Å². The summed E-state index contributed by atoms with van der Waals surface area (Å²) in [6.45, 7) is 2.64. The number of rotatable bonds is 5. The van der Waals surface area contributed by atoms with Crippen LogP contribution < -0.4 is 10.5 Å². The van der Waals surface area contributed by atoms with Crippen molar-refractivity contribution >= 4 is 11.7 Å². The van der Waals surface area contributed by atoms with Gasteiger partial charge in [-0.3, -0.25) is 0 Å². The summed E-state index contributed by atoms with van der Waals surface area (Å²) in [5.41, 5.74) is 6.42. The van der Waals surface area contributed by atoms with E-state index >= 15 is 0 Å². The third kappa shape index (κ3) is 2.87. The number of anilines is 1. The van der Waals surface area contributed by atoms with Crippen molar-refractivity contribution in [3.05, 3.63) is 35.9 Å². The lowest BCUT2D eigenvalue weighted by Crippen LogP contribution is -2.11. The van der Waals surface area contributed by atoms with E-state index < -0.39 is 5.97 Å². The fraction of sp³-hybridized carbons (Fsp3) is 0.308. The number of hydrogen-bond acceptors (Lipinski definition) is 6. The van der Waals surface area contributed by atoms with Crippen LogP contribution in [-0.2, 0) is 17.9 Å². The Morgan fingerprint density at radius 1 is 1.45 bits per heavy atom. The highest BCUT2D eigenvalue weighted by Gasteiger charge is 2.15. The highest BCUT2D eigenvalue weighted by Crippen LogP contribution is 2.22. The molecule has 0 radical (unpaired) electrons. The maximum atomic E-state index is 12.1. The number of nitrogens with zero attached hydrogens (tertiary/aromatic N) is 3. The molecule has 1 heterocycles. The molecule has 20 heavy (non-hydrogen) atoms. The van der Waals surface area contributed by atoms with Gasteiger partial charge >= 0.3 is 5.97 Å². The predicted molar refractivity (Wildman–Crippen MR) is 72.2 cm³/mol. The summed E-state index contributed by atoms with van der Waals surface area (Å²) in [4.78, 5) is 16.1. The number of ether oxygens (including phenoxy) is 2. The zero-order valence-corrected chi connectivity index (χ0v) is 11.4. The van der Waals surface area contributed by atoms with Gasteiger partial charge in [0, 0.05) is 12.2 Å². The molecule has 7 heteroatoms. The number of esters is 1. The number of carbonyl (C=O) groups excluding carboxylic acids is 1. The van der Waals surface area contributed by atoms with Crippen LogP contribution in [-0.4, -0.2) is 27.8 Å². The van der Waals surface area contributed by atoms with E-state index in [0.717, 1.165) is 0 Å². The summed E-state index contributed by atoms with van der Waals surface area (Å²) in [5, 5.41) is 4.00. The van der Waals surface area contributed by atoms with Gasteiger partial charge < -0.3 is 15.2 Å². The second-order valence-electron chi connectivity index (χ2n) is 4.03. The number of nitrogens with two attached hydrogens (primary N) is 1. The van der Waals surface area contributed by atoms with Crippen LogP contribution in [0.2, 0.25) is 0 Å². The van der Waals surface area contributed by atoms with Crippen molar-refractivity contribution in [3.8, 4) is 5.75 Å². The largest absolute Gasteiger partial charge is 0.496 e. The summed E-state index contributed by atoms with van der Waals surface area (Å²) in [6, 6.07) is 4.80. The standard InChI is InChI=1S/C13H16N4O3/c1-3-17-12(15-8-16-17)7-20-13(18)10-6-9(14)4-5-11(10)19-2/h4-6,8H,3,7,14H2,1-2H3. The van der Waals surface area contributed by atoms with E-state index in [2.05, 4.69) is 10.1 Å². The fourth-order valence-corrected chi connectivity index (χ4v) is 1.76. The number of aryl methyl sites for hydroxylation is 1. The maximum Gasteiger partial charge on any atom is 0.342 e. The van der Waals surface area contributed by atoms with E-state index in [1.807, 2.05) is 6.92 Å². The van der Waals surface area contributed by atoms with Crippen LogP contribution in [0, 0.1) is 0 Å². The Kier molecular flexibility index (Phi) is 4.19. The van der Waals surface area contributed by atoms with Crippen molar-refractivity contribution in [2.75, 3.05) is 12.8 Å². The lowest BCUT2D eigenvalue weighted by Gasteiger charge is -2.09. The molecule has 7 nitrogen and oxygen atoms in total. The second kappa shape index (κ2) is 6.05. The highest BCUT2D eigenvalue weighted by atomic mass is 16.5. The zero-order chi connectivity index (χ0) is 14.5. The summed E-state index contributed by atoms with van der Waals surface area (Å²) < 4.78 is 12.0. The normalized spacial score (nSPS) is 10.3. The molecule has 0 atom stereocenters. The summed E-state index contributed by atoms with van der Waals surface area (Å²) >= 11 is 0. The number of carbonyl (C=O) groups is 1. The molecule has 2 aromatic rings. The lowest BCUT2D eigenvalue weighted by atomic mass is 10.2. The summed E-state index contributed by atoms with van der Waals surface area (Å²) in [7, 11) is 1.48. The van der Waals surface area contributed by atoms with Crippen molar-refractivity contribution < 1.29 is 14.3 Å². The van der Waals surface area contributed by atoms with Gasteiger partial charge in [0.2, 0.25) is 0 Å². The Bertz CT molecular complexity index is 609. The van der Waals surface area contributed by atoms with Gasteiger partial charge in [0.25, 0.3) is 0 Å². The molecular formula is C13H16N4O3. The summed E-state index contributed by atoms with van der Waals surface area (Å²) in [5.74, 6) is 0.490. The first-order chi connectivity index (χ1) is 9.65. The minimum absolute atomic E-state index is 0.0463. The molecule has 2 rings (SSSR count). The van der Waals surface area contributed by atoms with Crippen LogP contribution in [0.5, 0.6) is 5.75 Å². The molecule has 0 fully saturated rings. The van der Waals surface area contributed by atoms with Crippen LogP contribution in [0.15, 0.2) is 24.5 Å². The number of benzene rings is 1. The number of nitrogen functional groups attached to an aromatic ring is 1. The van der Waals surface area contributed by atoms with Crippen molar-refractivity contribution in [1.82, 2.24) is 14.8 Å². The quantitative estimate of drug-likeness (QED) is 0.652. The Balaban J connectivity index is 2.11. The van der Waals surface area contributed by atoms with E-state index in [-0.39, 0.29) is 12.2 Å². The van der Waals surface area contributed by atoms with Gasteiger partial charge in [-0.1, -0.05) is 0 Å². The third-order valence-corrected chi connectivity index (χ3v) is 2.77. The number of methoxy groups -OCH3 is 1. The minimum atomic E-state index is -0.514. The van der Waals surface area contributed by atoms with Gasteiger partial charge in [0.1, 0.15) is 17.6 Å². The minimum Gasteiger partial charge on any atom is -0.496 e. The van der Waals surface area contributed by atoms with Crippen molar-refractivity contribution in [2.45, 2.75) is 20.1 Å². The highest BCUT2D eigenvalue weighted by molar-refractivity contribution is 5.93. The van der Waals surface area contributed by atoms with Crippen LogP contribution >= 0.6 is 0 Å². The molecule has 0 unspecified atom stereocenters. The predicted octanol–water partition coefficient (Wildman–Crippen LogP) is 1.25. The van der Waals surface area contributed by atoms with Crippen LogP contribution in [0.25, 0.3) is 0 Å². The first kappa shape index (κ1) is 13.9. The molecule has 106 valence electrons. The van der Waals surface area contributed by atoms with Crippen molar-refractivity contribution in [1.29, 1.82) is 0 Å². The molecule has 1 aromatic carbocycles. The van der Waals surface area contributed by atoms with E-state index in [9.17, 15) is 4.79 Å².